The zero-order valence-corrected chi connectivity index (χ0v) is 10.9. The maximum Gasteiger partial charge on any atom is 0.492 e. The van der Waals surface area contributed by atoms with Gasteiger partial charge in [-0.2, -0.15) is 0 Å². The molecule has 8 nitrogen and oxygen atoms in total. The molecule has 1 rings (SSSR count). The van der Waals surface area contributed by atoms with Crippen molar-refractivity contribution < 1.29 is 27.6 Å². The lowest BCUT2D eigenvalue weighted by Crippen LogP contribution is -2.36. The molecule has 1 aliphatic rings. The molecule has 0 saturated carbocycles. The van der Waals surface area contributed by atoms with Crippen LogP contribution in [-0.4, -0.2) is 60.8 Å². The second-order valence-corrected chi connectivity index (χ2v) is 8.03. The molecular weight excluding hydrogens is 268 g/mol. The van der Waals surface area contributed by atoms with E-state index >= 15 is 0 Å². The van der Waals surface area contributed by atoms with E-state index in [1.807, 2.05) is 0 Å². The summed E-state index contributed by atoms with van der Waals surface area (Å²) in [5.41, 5.74) is 0. The van der Waals surface area contributed by atoms with Crippen LogP contribution in [0.4, 0.5) is 0 Å². The maximum atomic E-state index is 11.4. The van der Waals surface area contributed by atoms with E-state index in [4.69, 9.17) is 19.5 Å². The van der Waals surface area contributed by atoms with E-state index in [0.717, 1.165) is 0 Å². The Balaban J connectivity index is 2.44. The topological polar surface area (TPSA) is 141 Å². The van der Waals surface area contributed by atoms with Crippen LogP contribution in [0, 0.1) is 0 Å². The summed E-state index contributed by atoms with van der Waals surface area (Å²) < 4.78 is 22.1. The molecule has 17 heavy (non-hydrogen) atoms. The molecule has 0 aromatic heterocycles. The van der Waals surface area contributed by atoms with Crippen molar-refractivity contribution in [1.29, 1.82) is 0 Å². The van der Waals surface area contributed by atoms with Crippen LogP contribution in [0.3, 0.4) is 0 Å². The first-order valence-corrected chi connectivity index (χ1v) is 8.72. The average molecular weight is 284 g/mol. The minimum absolute atomic E-state index is 0.0223. The van der Waals surface area contributed by atoms with E-state index in [1.54, 1.807) is 0 Å². The van der Waals surface area contributed by atoms with Crippen molar-refractivity contribution in [3.8, 4) is 0 Å². The number of rotatable bonds is 5. The highest BCUT2D eigenvalue weighted by Gasteiger charge is 2.36. The molecule has 1 heterocycles. The van der Waals surface area contributed by atoms with Crippen LogP contribution in [0.1, 0.15) is 12.8 Å². The molecule has 1 aliphatic heterocycles. The average Bonchev–Trinajstić information content (AvgIpc) is 2.45. The largest absolute Gasteiger partial charge is 0.492 e. The SMILES string of the molecule is NS(=O)(=O)C1CC(=O)N(CCC[Si](O)(O)O)C1. The van der Waals surface area contributed by atoms with Gasteiger partial charge in [0.1, 0.15) is 5.25 Å². The monoisotopic (exact) mass is 284 g/mol. The van der Waals surface area contributed by atoms with Gasteiger partial charge >= 0.3 is 8.80 Å². The van der Waals surface area contributed by atoms with Gasteiger partial charge in [-0.05, 0) is 6.42 Å². The summed E-state index contributed by atoms with van der Waals surface area (Å²) in [5, 5.41) is 4.05. The number of amides is 1. The number of nitrogens with two attached hydrogens (primary N) is 1. The molecule has 0 aliphatic carbocycles. The predicted octanol–water partition coefficient (Wildman–Crippen LogP) is -2.82. The summed E-state index contributed by atoms with van der Waals surface area (Å²) in [6.45, 7) is 0.204. The van der Waals surface area contributed by atoms with Gasteiger partial charge in [0.15, 0.2) is 0 Å². The van der Waals surface area contributed by atoms with Gasteiger partial charge in [-0.1, -0.05) is 0 Å². The van der Waals surface area contributed by atoms with Crippen LogP contribution in [0.25, 0.3) is 0 Å². The summed E-state index contributed by atoms with van der Waals surface area (Å²) in [6, 6.07) is -0.184. The third kappa shape index (κ3) is 4.69. The van der Waals surface area contributed by atoms with E-state index in [2.05, 4.69) is 0 Å². The van der Waals surface area contributed by atoms with E-state index in [-0.39, 0.29) is 37.9 Å². The summed E-state index contributed by atoms with van der Waals surface area (Å²) in [5.74, 6) is -0.329. The number of carbonyl (C=O) groups is 1. The lowest BCUT2D eigenvalue weighted by molar-refractivity contribution is -0.127. The van der Waals surface area contributed by atoms with Gasteiger partial charge in [-0.15, -0.1) is 0 Å². The Kier molecular flexibility index (Phi) is 4.27. The number of likely N-dealkylation sites (tertiary alicyclic amines) is 1. The minimum Gasteiger partial charge on any atom is -0.390 e. The Morgan fingerprint density at radius 3 is 2.41 bits per heavy atom. The first-order chi connectivity index (χ1) is 7.59. The quantitative estimate of drug-likeness (QED) is 0.401. The van der Waals surface area contributed by atoms with Gasteiger partial charge in [0.2, 0.25) is 15.9 Å². The lowest BCUT2D eigenvalue weighted by atomic mass is 10.4. The molecule has 0 bridgehead atoms. The molecule has 0 aromatic rings. The number of sulfonamides is 1. The molecule has 1 saturated heterocycles. The summed E-state index contributed by atoms with van der Waals surface area (Å²) in [6.07, 6.45) is 0.0670. The second kappa shape index (κ2) is 5.00. The van der Waals surface area contributed by atoms with Gasteiger partial charge < -0.3 is 19.3 Å². The highest BCUT2D eigenvalue weighted by atomic mass is 32.2. The molecule has 1 atom stereocenters. The zero-order chi connectivity index (χ0) is 13.3. The van der Waals surface area contributed by atoms with Crippen molar-refractivity contribution in [2.75, 3.05) is 13.1 Å². The molecular formula is C7H16N2O6SSi. The van der Waals surface area contributed by atoms with Crippen molar-refractivity contribution in [2.24, 2.45) is 5.14 Å². The van der Waals surface area contributed by atoms with Crippen LogP contribution in [0.15, 0.2) is 0 Å². The van der Waals surface area contributed by atoms with Crippen LogP contribution in [0.2, 0.25) is 6.04 Å². The van der Waals surface area contributed by atoms with Crippen molar-refractivity contribution in [3.05, 3.63) is 0 Å². The highest BCUT2D eigenvalue weighted by Crippen LogP contribution is 2.17. The zero-order valence-electron chi connectivity index (χ0n) is 9.11. The molecule has 1 unspecified atom stereocenters. The van der Waals surface area contributed by atoms with Gasteiger partial charge in [-0.25, -0.2) is 13.6 Å². The first-order valence-electron chi connectivity index (χ1n) is 5.06. The Hall–Kier alpha value is -0.523. The third-order valence-corrected chi connectivity index (χ3v) is 4.85. The highest BCUT2D eigenvalue weighted by molar-refractivity contribution is 7.89. The summed E-state index contributed by atoms with van der Waals surface area (Å²) in [7, 11) is -7.81. The van der Waals surface area contributed by atoms with Crippen molar-refractivity contribution >= 4 is 24.7 Å². The van der Waals surface area contributed by atoms with Crippen LogP contribution in [-0.2, 0) is 14.8 Å². The maximum absolute atomic E-state index is 11.4. The van der Waals surface area contributed by atoms with E-state index < -0.39 is 24.1 Å². The molecule has 5 N–H and O–H groups in total. The Bertz CT molecular complexity index is 392. The van der Waals surface area contributed by atoms with Crippen molar-refractivity contribution in [1.82, 2.24) is 4.90 Å². The van der Waals surface area contributed by atoms with Gasteiger partial charge in [0.05, 0.1) is 0 Å². The Morgan fingerprint density at radius 2 is 2.00 bits per heavy atom. The van der Waals surface area contributed by atoms with Crippen molar-refractivity contribution in [3.63, 3.8) is 0 Å². The first kappa shape index (κ1) is 14.5. The summed E-state index contributed by atoms with van der Waals surface area (Å²) in [4.78, 5) is 39.0. The fraction of sp³-hybridized carbons (Fsp3) is 0.857. The number of hydrogen-bond acceptors (Lipinski definition) is 6. The fourth-order valence-corrected chi connectivity index (χ4v) is 3.07. The molecule has 0 spiro atoms. The minimum atomic E-state index is -4.09. The Morgan fingerprint density at radius 1 is 1.41 bits per heavy atom. The normalized spacial score (nSPS) is 22.2. The molecule has 1 fully saturated rings. The molecule has 100 valence electrons. The van der Waals surface area contributed by atoms with E-state index in [0.29, 0.717) is 0 Å². The summed E-state index contributed by atoms with van der Waals surface area (Å²) >= 11 is 0. The Labute approximate surface area is 100 Å². The smallest absolute Gasteiger partial charge is 0.390 e. The number of primary sulfonamides is 1. The van der Waals surface area contributed by atoms with Crippen LogP contribution >= 0.6 is 0 Å². The number of carbonyl (C=O) groups excluding carboxylic acids is 1. The number of hydrogen-bond donors (Lipinski definition) is 4. The molecule has 0 radical (unpaired) electrons. The van der Waals surface area contributed by atoms with Gasteiger partial charge in [0.25, 0.3) is 0 Å². The third-order valence-electron chi connectivity index (χ3n) is 2.58. The molecule has 1 amide bonds. The van der Waals surface area contributed by atoms with Crippen LogP contribution in [0.5, 0.6) is 0 Å². The van der Waals surface area contributed by atoms with E-state index in [1.165, 1.54) is 4.90 Å². The standard InChI is InChI=1S/C7H16N2O6SSi/c8-16(11,12)6-4-7(10)9(5-6)2-1-3-17(13,14)15/h6,13-15H,1-5H2,(H2,8,11,12). The fourth-order valence-electron chi connectivity index (χ4n) is 1.68. The second-order valence-electron chi connectivity index (χ2n) is 4.13. The van der Waals surface area contributed by atoms with E-state index in [9.17, 15) is 13.2 Å². The molecule has 10 heteroatoms. The van der Waals surface area contributed by atoms with Gasteiger partial charge in [0, 0.05) is 25.6 Å². The number of nitrogens with zero attached hydrogens (tertiary/aromatic N) is 1. The molecule has 0 aromatic carbocycles. The predicted molar refractivity (Wildman–Crippen MR) is 59.9 cm³/mol. The lowest BCUT2D eigenvalue weighted by Gasteiger charge is -2.17. The van der Waals surface area contributed by atoms with Crippen LogP contribution < -0.4 is 5.14 Å². The van der Waals surface area contributed by atoms with Crippen molar-refractivity contribution in [2.45, 2.75) is 24.1 Å². The van der Waals surface area contributed by atoms with Gasteiger partial charge in [-0.3, -0.25) is 4.79 Å².